The van der Waals surface area contributed by atoms with E-state index in [4.69, 9.17) is 9.26 Å². The molecule has 10 heavy (non-hydrogen) atoms. The SMILES string of the molecule is Brc1cc(C2COC2)on1. The lowest BCUT2D eigenvalue weighted by Gasteiger charge is -2.22. The fourth-order valence-electron chi connectivity index (χ4n) is 0.859. The van der Waals surface area contributed by atoms with Gasteiger partial charge in [-0.25, -0.2) is 0 Å². The molecule has 1 aliphatic heterocycles. The maximum atomic E-state index is 5.00. The summed E-state index contributed by atoms with van der Waals surface area (Å²) in [6.45, 7) is 1.53. The van der Waals surface area contributed by atoms with E-state index >= 15 is 0 Å². The van der Waals surface area contributed by atoms with Crippen LogP contribution in [0.3, 0.4) is 0 Å². The lowest BCUT2D eigenvalue weighted by molar-refractivity contribution is -0.00229. The Morgan fingerprint density at radius 2 is 2.40 bits per heavy atom. The molecule has 0 bridgehead atoms. The van der Waals surface area contributed by atoms with Crippen LogP contribution in [0.15, 0.2) is 15.2 Å². The maximum absolute atomic E-state index is 5.00. The Hall–Kier alpha value is -0.350. The lowest BCUT2D eigenvalue weighted by Crippen LogP contribution is -2.24. The number of nitrogens with zero attached hydrogens (tertiary/aromatic N) is 1. The monoisotopic (exact) mass is 203 g/mol. The molecule has 54 valence electrons. The van der Waals surface area contributed by atoms with Gasteiger partial charge in [0, 0.05) is 6.07 Å². The Balaban J connectivity index is 2.17. The van der Waals surface area contributed by atoms with Crippen molar-refractivity contribution < 1.29 is 9.26 Å². The molecule has 0 aromatic carbocycles. The Bertz CT molecular complexity index is 231. The topological polar surface area (TPSA) is 35.3 Å². The van der Waals surface area contributed by atoms with Gasteiger partial charge in [-0.15, -0.1) is 0 Å². The van der Waals surface area contributed by atoms with E-state index in [0.717, 1.165) is 23.6 Å². The predicted octanol–water partition coefficient (Wildman–Crippen LogP) is 1.55. The summed E-state index contributed by atoms with van der Waals surface area (Å²) in [5, 5.41) is 3.71. The molecule has 0 amide bonds. The van der Waals surface area contributed by atoms with Crippen molar-refractivity contribution in [1.29, 1.82) is 0 Å². The molecule has 2 rings (SSSR count). The summed E-state index contributed by atoms with van der Waals surface area (Å²) < 4.78 is 10.7. The van der Waals surface area contributed by atoms with Gasteiger partial charge in [-0.05, 0) is 15.9 Å². The van der Waals surface area contributed by atoms with E-state index in [9.17, 15) is 0 Å². The summed E-state index contributed by atoms with van der Waals surface area (Å²) in [6.07, 6.45) is 0. The zero-order chi connectivity index (χ0) is 6.97. The minimum absolute atomic E-state index is 0.429. The third kappa shape index (κ3) is 0.973. The molecule has 0 spiro atoms. The molecule has 3 nitrogen and oxygen atoms in total. The second kappa shape index (κ2) is 2.36. The number of rotatable bonds is 1. The van der Waals surface area contributed by atoms with Crippen LogP contribution < -0.4 is 0 Å². The van der Waals surface area contributed by atoms with E-state index < -0.39 is 0 Å². The number of aromatic nitrogens is 1. The number of hydrogen-bond acceptors (Lipinski definition) is 3. The molecule has 4 heteroatoms. The third-order valence-electron chi connectivity index (χ3n) is 1.54. The van der Waals surface area contributed by atoms with Crippen LogP contribution in [0.5, 0.6) is 0 Å². The van der Waals surface area contributed by atoms with Crippen molar-refractivity contribution in [3.8, 4) is 0 Å². The Labute approximate surface area is 66.5 Å². The molecule has 0 N–H and O–H groups in total. The van der Waals surface area contributed by atoms with Gasteiger partial charge < -0.3 is 9.26 Å². The highest BCUT2D eigenvalue weighted by Gasteiger charge is 2.24. The van der Waals surface area contributed by atoms with Crippen LogP contribution in [-0.4, -0.2) is 18.4 Å². The second-order valence-corrected chi connectivity index (χ2v) is 3.10. The fourth-order valence-corrected chi connectivity index (χ4v) is 1.16. The van der Waals surface area contributed by atoms with Crippen LogP contribution in [0.4, 0.5) is 0 Å². The molecule has 1 fully saturated rings. The van der Waals surface area contributed by atoms with Gasteiger partial charge in [0.2, 0.25) is 0 Å². The summed E-state index contributed by atoms with van der Waals surface area (Å²) >= 11 is 3.21. The first-order chi connectivity index (χ1) is 4.86. The smallest absolute Gasteiger partial charge is 0.149 e. The van der Waals surface area contributed by atoms with Crippen LogP contribution in [0.2, 0.25) is 0 Å². The van der Waals surface area contributed by atoms with Crippen LogP contribution in [0.25, 0.3) is 0 Å². The molecular weight excluding hydrogens is 198 g/mol. The van der Waals surface area contributed by atoms with E-state index in [1.54, 1.807) is 0 Å². The van der Waals surface area contributed by atoms with Crippen LogP contribution in [0, 0.1) is 0 Å². The first-order valence-corrected chi connectivity index (χ1v) is 3.85. The van der Waals surface area contributed by atoms with Crippen LogP contribution >= 0.6 is 15.9 Å². The van der Waals surface area contributed by atoms with Gasteiger partial charge in [-0.3, -0.25) is 0 Å². The summed E-state index contributed by atoms with van der Waals surface area (Å²) in [5.41, 5.74) is 0. The summed E-state index contributed by atoms with van der Waals surface area (Å²) in [6, 6.07) is 1.88. The molecule has 1 aromatic heterocycles. The Morgan fingerprint density at radius 3 is 2.80 bits per heavy atom. The predicted molar refractivity (Wildman–Crippen MR) is 37.8 cm³/mol. The van der Waals surface area contributed by atoms with E-state index in [-0.39, 0.29) is 0 Å². The fraction of sp³-hybridized carbons (Fsp3) is 0.500. The molecule has 0 aliphatic carbocycles. The van der Waals surface area contributed by atoms with Gasteiger partial charge >= 0.3 is 0 Å². The van der Waals surface area contributed by atoms with E-state index in [0.29, 0.717) is 5.92 Å². The van der Waals surface area contributed by atoms with Crippen molar-refractivity contribution >= 4 is 15.9 Å². The molecule has 1 aromatic rings. The van der Waals surface area contributed by atoms with Crippen LogP contribution in [-0.2, 0) is 4.74 Å². The Morgan fingerprint density at radius 1 is 1.60 bits per heavy atom. The first-order valence-electron chi connectivity index (χ1n) is 3.06. The quantitative estimate of drug-likeness (QED) is 0.696. The van der Waals surface area contributed by atoms with Gasteiger partial charge in [0.1, 0.15) is 10.4 Å². The van der Waals surface area contributed by atoms with Crippen molar-refractivity contribution in [2.24, 2.45) is 0 Å². The van der Waals surface area contributed by atoms with E-state index in [1.165, 1.54) is 0 Å². The highest BCUT2D eigenvalue weighted by Crippen LogP contribution is 2.25. The Kier molecular flexibility index (Phi) is 1.50. The first kappa shape index (κ1) is 6.37. The average Bonchev–Trinajstić information content (AvgIpc) is 2.10. The molecule has 1 aliphatic rings. The van der Waals surface area contributed by atoms with Gasteiger partial charge in [-0.2, -0.15) is 0 Å². The summed E-state index contributed by atoms with van der Waals surface area (Å²) in [4.78, 5) is 0. The molecule has 1 saturated heterocycles. The number of ether oxygens (including phenoxy) is 1. The molecule has 2 heterocycles. The van der Waals surface area contributed by atoms with Gasteiger partial charge in [0.25, 0.3) is 0 Å². The normalized spacial score (nSPS) is 18.9. The van der Waals surface area contributed by atoms with Crippen molar-refractivity contribution in [2.75, 3.05) is 13.2 Å². The highest BCUT2D eigenvalue weighted by molar-refractivity contribution is 9.10. The van der Waals surface area contributed by atoms with Crippen molar-refractivity contribution in [2.45, 2.75) is 5.92 Å². The molecular formula is C6H6BrNO2. The van der Waals surface area contributed by atoms with Gasteiger partial charge in [0.15, 0.2) is 0 Å². The minimum Gasteiger partial charge on any atom is -0.380 e. The lowest BCUT2D eigenvalue weighted by atomic mass is 10.1. The zero-order valence-corrected chi connectivity index (χ0v) is 6.80. The maximum Gasteiger partial charge on any atom is 0.149 e. The third-order valence-corrected chi connectivity index (χ3v) is 1.91. The molecule has 0 atom stereocenters. The minimum atomic E-state index is 0.429. The van der Waals surface area contributed by atoms with Gasteiger partial charge in [0.05, 0.1) is 19.1 Å². The van der Waals surface area contributed by atoms with E-state index in [1.807, 2.05) is 6.07 Å². The van der Waals surface area contributed by atoms with Crippen LogP contribution in [0.1, 0.15) is 11.7 Å². The van der Waals surface area contributed by atoms with E-state index in [2.05, 4.69) is 21.1 Å². The highest BCUT2D eigenvalue weighted by atomic mass is 79.9. The summed E-state index contributed by atoms with van der Waals surface area (Å²) in [7, 11) is 0. The van der Waals surface area contributed by atoms with Crippen molar-refractivity contribution in [3.05, 3.63) is 16.4 Å². The molecule has 0 unspecified atom stereocenters. The van der Waals surface area contributed by atoms with Crippen molar-refractivity contribution in [3.63, 3.8) is 0 Å². The second-order valence-electron chi connectivity index (χ2n) is 2.29. The van der Waals surface area contributed by atoms with Gasteiger partial charge in [-0.1, -0.05) is 5.16 Å². The largest absolute Gasteiger partial charge is 0.380 e. The molecule has 0 saturated carbocycles. The van der Waals surface area contributed by atoms with Crippen molar-refractivity contribution in [1.82, 2.24) is 5.16 Å². The standard InChI is InChI=1S/C6H6BrNO2/c7-6-1-5(10-8-6)4-2-9-3-4/h1,4H,2-3H2. The average molecular weight is 204 g/mol. The number of hydrogen-bond donors (Lipinski definition) is 0. The molecule has 0 radical (unpaired) electrons. The number of halogens is 1. The zero-order valence-electron chi connectivity index (χ0n) is 5.21. The summed E-state index contributed by atoms with van der Waals surface area (Å²) in [5.74, 6) is 1.34.